The van der Waals surface area contributed by atoms with Gasteiger partial charge in [-0.3, -0.25) is 9.59 Å². The van der Waals surface area contributed by atoms with Gasteiger partial charge in [0.15, 0.2) is 0 Å². The first kappa shape index (κ1) is 20.0. The number of nitrogens with one attached hydrogen (secondary N) is 3. The van der Waals surface area contributed by atoms with Crippen molar-refractivity contribution < 1.29 is 9.59 Å². The molecule has 0 atom stereocenters. The van der Waals surface area contributed by atoms with Crippen molar-refractivity contribution in [3.8, 4) is 0 Å². The van der Waals surface area contributed by atoms with E-state index in [4.69, 9.17) is 0 Å². The van der Waals surface area contributed by atoms with E-state index in [1.54, 1.807) is 0 Å². The van der Waals surface area contributed by atoms with E-state index < -0.39 is 0 Å². The Kier molecular flexibility index (Phi) is 6.80. The molecule has 0 fully saturated rings. The first-order chi connectivity index (χ1) is 12.3. The minimum absolute atomic E-state index is 0.0629. The number of amides is 2. The standard InChI is InChI=1S/C20H24BrN3O2/c1-12-7-14(3)20(15(4)8-12)24-19(26)11-23-18(25)10-22-17-6-5-16(21)9-13(17)2/h5-9,22H,10-11H2,1-4H3,(H,23,25)(H,24,26). The van der Waals surface area contributed by atoms with Crippen LogP contribution in [-0.4, -0.2) is 24.9 Å². The quantitative estimate of drug-likeness (QED) is 0.668. The molecule has 0 saturated carbocycles. The second-order valence-corrected chi connectivity index (χ2v) is 7.33. The average molecular weight is 418 g/mol. The lowest BCUT2D eigenvalue weighted by Crippen LogP contribution is -2.36. The highest BCUT2D eigenvalue weighted by atomic mass is 79.9. The molecule has 0 aromatic heterocycles. The minimum Gasteiger partial charge on any atom is -0.376 e. The molecular weight excluding hydrogens is 394 g/mol. The fourth-order valence-electron chi connectivity index (χ4n) is 2.80. The Labute approximate surface area is 162 Å². The molecular formula is C20H24BrN3O2. The van der Waals surface area contributed by atoms with Crippen molar-refractivity contribution in [1.82, 2.24) is 5.32 Å². The Balaban J connectivity index is 1.83. The number of halogens is 1. The van der Waals surface area contributed by atoms with Crippen molar-refractivity contribution in [2.75, 3.05) is 23.7 Å². The molecule has 3 N–H and O–H groups in total. The van der Waals surface area contributed by atoms with E-state index in [2.05, 4.69) is 31.9 Å². The summed E-state index contributed by atoms with van der Waals surface area (Å²) in [5.41, 5.74) is 5.90. The third-order valence-corrected chi connectivity index (χ3v) is 4.51. The summed E-state index contributed by atoms with van der Waals surface area (Å²) in [6, 6.07) is 9.83. The zero-order valence-electron chi connectivity index (χ0n) is 15.5. The molecule has 2 aromatic carbocycles. The van der Waals surface area contributed by atoms with E-state index >= 15 is 0 Å². The van der Waals surface area contributed by atoms with Gasteiger partial charge in [-0.1, -0.05) is 33.6 Å². The van der Waals surface area contributed by atoms with E-state index in [-0.39, 0.29) is 24.9 Å². The Morgan fingerprint density at radius 3 is 2.15 bits per heavy atom. The molecule has 0 bridgehead atoms. The molecule has 0 aliphatic carbocycles. The molecule has 0 radical (unpaired) electrons. The van der Waals surface area contributed by atoms with Crippen LogP contribution in [0.4, 0.5) is 11.4 Å². The van der Waals surface area contributed by atoms with E-state index in [9.17, 15) is 9.59 Å². The van der Waals surface area contributed by atoms with E-state index in [0.29, 0.717) is 0 Å². The number of benzene rings is 2. The Morgan fingerprint density at radius 2 is 1.54 bits per heavy atom. The molecule has 2 aromatic rings. The summed E-state index contributed by atoms with van der Waals surface area (Å²) in [5.74, 6) is -0.479. The molecule has 26 heavy (non-hydrogen) atoms. The largest absolute Gasteiger partial charge is 0.376 e. The van der Waals surface area contributed by atoms with Crippen LogP contribution in [0.15, 0.2) is 34.8 Å². The van der Waals surface area contributed by atoms with Crippen LogP contribution >= 0.6 is 15.9 Å². The summed E-state index contributed by atoms with van der Waals surface area (Å²) >= 11 is 3.41. The zero-order chi connectivity index (χ0) is 19.3. The molecule has 0 heterocycles. The van der Waals surface area contributed by atoms with Gasteiger partial charge in [0, 0.05) is 15.8 Å². The lowest BCUT2D eigenvalue weighted by atomic mass is 10.1. The highest BCUT2D eigenvalue weighted by Gasteiger charge is 2.10. The highest BCUT2D eigenvalue weighted by Crippen LogP contribution is 2.22. The normalized spacial score (nSPS) is 10.3. The third-order valence-electron chi connectivity index (χ3n) is 4.02. The smallest absolute Gasteiger partial charge is 0.243 e. The second kappa shape index (κ2) is 8.85. The molecule has 2 rings (SSSR count). The Hall–Kier alpha value is -2.34. The van der Waals surface area contributed by atoms with Crippen molar-refractivity contribution >= 4 is 39.1 Å². The lowest BCUT2D eigenvalue weighted by molar-refractivity contribution is -0.122. The van der Waals surface area contributed by atoms with Crippen molar-refractivity contribution in [3.05, 3.63) is 57.1 Å². The number of anilines is 2. The van der Waals surface area contributed by atoms with Crippen LogP contribution in [0.1, 0.15) is 22.3 Å². The summed E-state index contributed by atoms with van der Waals surface area (Å²) in [4.78, 5) is 24.1. The molecule has 0 unspecified atom stereocenters. The van der Waals surface area contributed by atoms with Gasteiger partial charge in [0.05, 0.1) is 13.1 Å². The minimum atomic E-state index is -0.242. The maximum Gasteiger partial charge on any atom is 0.243 e. The van der Waals surface area contributed by atoms with Crippen molar-refractivity contribution in [3.63, 3.8) is 0 Å². The van der Waals surface area contributed by atoms with Crippen LogP contribution in [0.3, 0.4) is 0 Å². The number of aryl methyl sites for hydroxylation is 4. The molecule has 6 heteroatoms. The van der Waals surface area contributed by atoms with E-state index in [1.807, 2.05) is 58.0 Å². The fraction of sp³-hybridized carbons (Fsp3) is 0.300. The monoisotopic (exact) mass is 417 g/mol. The van der Waals surface area contributed by atoms with E-state index in [1.165, 1.54) is 0 Å². The fourth-order valence-corrected chi connectivity index (χ4v) is 3.28. The molecule has 0 saturated heterocycles. The summed E-state index contributed by atoms with van der Waals surface area (Å²) in [5, 5.41) is 8.58. The average Bonchev–Trinajstić information content (AvgIpc) is 2.55. The number of hydrogen-bond donors (Lipinski definition) is 3. The second-order valence-electron chi connectivity index (χ2n) is 6.41. The summed E-state index contributed by atoms with van der Waals surface area (Å²) in [6.45, 7) is 7.94. The predicted octanol–water partition coefficient (Wildman–Crippen LogP) is 3.85. The van der Waals surface area contributed by atoms with Gasteiger partial charge in [0.1, 0.15) is 0 Å². The molecule has 5 nitrogen and oxygen atoms in total. The molecule has 138 valence electrons. The van der Waals surface area contributed by atoms with Crippen molar-refractivity contribution in [2.45, 2.75) is 27.7 Å². The molecule has 0 aliphatic heterocycles. The number of carbonyl (C=O) groups is 2. The Bertz CT molecular complexity index is 811. The predicted molar refractivity (Wildman–Crippen MR) is 110 cm³/mol. The molecule has 2 amide bonds. The van der Waals surface area contributed by atoms with Gasteiger partial charge in [-0.25, -0.2) is 0 Å². The number of carbonyl (C=O) groups excluding carboxylic acids is 2. The Morgan fingerprint density at radius 1 is 0.885 bits per heavy atom. The maximum absolute atomic E-state index is 12.1. The third kappa shape index (κ3) is 5.59. The summed E-state index contributed by atoms with van der Waals surface area (Å²) in [7, 11) is 0. The molecule has 0 aliphatic rings. The summed E-state index contributed by atoms with van der Waals surface area (Å²) in [6.07, 6.45) is 0. The van der Waals surface area contributed by atoms with Gasteiger partial charge < -0.3 is 16.0 Å². The van der Waals surface area contributed by atoms with Crippen LogP contribution in [-0.2, 0) is 9.59 Å². The van der Waals surface area contributed by atoms with Crippen molar-refractivity contribution in [2.24, 2.45) is 0 Å². The first-order valence-corrected chi connectivity index (χ1v) is 9.20. The van der Waals surface area contributed by atoms with Gasteiger partial charge in [0.25, 0.3) is 0 Å². The number of hydrogen-bond acceptors (Lipinski definition) is 3. The zero-order valence-corrected chi connectivity index (χ0v) is 17.1. The van der Waals surface area contributed by atoms with Gasteiger partial charge in [-0.2, -0.15) is 0 Å². The van der Waals surface area contributed by atoms with Gasteiger partial charge in [0.2, 0.25) is 11.8 Å². The maximum atomic E-state index is 12.1. The summed E-state index contributed by atoms with van der Waals surface area (Å²) < 4.78 is 0.989. The molecule has 0 spiro atoms. The van der Waals surface area contributed by atoms with Crippen LogP contribution < -0.4 is 16.0 Å². The van der Waals surface area contributed by atoms with Crippen molar-refractivity contribution in [1.29, 1.82) is 0 Å². The topological polar surface area (TPSA) is 70.2 Å². The van der Waals surface area contributed by atoms with Crippen LogP contribution in [0.25, 0.3) is 0 Å². The highest BCUT2D eigenvalue weighted by molar-refractivity contribution is 9.10. The van der Waals surface area contributed by atoms with E-state index in [0.717, 1.165) is 38.1 Å². The van der Waals surface area contributed by atoms with Crippen LogP contribution in [0.5, 0.6) is 0 Å². The van der Waals surface area contributed by atoms with Gasteiger partial charge in [-0.05, 0) is 62.6 Å². The SMILES string of the molecule is Cc1cc(C)c(NC(=O)CNC(=O)CNc2ccc(Br)cc2C)c(C)c1. The van der Waals surface area contributed by atoms with Gasteiger partial charge >= 0.3 is 0 Å². The van der Waals surface area contributed by atoms with Crippen LogP contribution in [0, 0.1) is 27.7 Å². The van der Waals surface area contributed by atoms with Crippen LogP contribution in [0.2, 0.25) is 0 Å². The van der Waals surface area contributed by atoms with Gasteiger partial charge in [-0.15, -0.1) is 0 Å². The first-order valence-electron chi connectivity index (χ1n) is 8.40. The number of rotatable bonds is 6. The lowest BCUT2D eigenvalue weighted by Gasteiger charge is -2.13.